The Hall–Kier alpha value is -0.716. The minimum Gasteiger partial charge on any atom is -0.325 e. The van der Waals surface area contributed by atoms with Gasteiger partial charge in [-0.1, -0.05) is 25.5 Å². The standard InChI is InChI=1S/C15H18N2O.Y/c1-10-8-12(16-4)9-11(2)13(10)17-14(18)15(3)6-5-7-15;/h8-9H,5-7H2,1-3H3,(H,17,18);. The van der Waals surface area contributed by atoms with Gasteiger partial charge < -0.3 is 5.32 Å². The van der Waals surface area contributed by atoms with Crippen LogP contribution >= 0.6 is 0 Å². The van der Waals surface area contributed by atoms with E-state index in [2.05, 4.69) is 10.2 Å². The number of nitrogens with one attached hydrogen (secondary N) is 1. The van der Waals surface area contributed by atoms with Gasteiger partial charge in [0.15, 0.2) is 5.69 Å². The van der Waals surface area contributed by atoms with Crippen LogP contribution in [0.2, 0.25) is 0 Å². The summed E-state index contributed by atoms with van der Waals surface area (Å²) in [6, 6.07) is 3.64. The Bertz CT molecular complexity index is 519. The van der Waals surface area contributed by atoms with Crippen LogP contribution in [0, 0.1) is 25.8 Å². The fraction of sp³-hybridized carbons (Fsp3) is 0.467. The van der Waals surface area contributed by atoms with Crippen molar-refractivity contribution in [2.45, 2.75) is 40.0 Å². The maximum atomic E-state index is 12.2. The minimum absolute atomic E-state index is 0. The van der Waals surface area contributed by atoms with Crippen molar-refractivity contribution in [1.29, 1.82) is 0 Å². The molecular weight excluding hydrogens is 313 g/mol. The first-order chi connectivity index (χ1) is 8.46. The average molecular weight is 331 g/mol. The number of carbonyl (C=O) groups is 1. The summed E-state index contributed by atoms with van der Waals surface area (Å²) >= 11 is 0. The molecule has 0 aromatic heterocycles. The smallest absolute Gasteiger partial charge is 0.230 e. The number of hydrogen-bond acceptors (Lipinski definition) is 1. The number of anilines is 1. The molecule has 0 bridgehead atoms. The topological polar surface area (TPSA) is 33.5 Å². The molecule has 1 aliphatic rings. The van der Waals surface area contributed by atoms with Crippen LogP contribution in [0.5, 0.6) is 0 Å². The van der Waals surface area contributed by atoms with Crippen molar-refractivity contribution in [2.24, 2.45) is 5.41 Å². The third-order valence-electron chi connectivity index (χ3n) is 3.89. The van der Waals surface area contributed by atoms with E-state index in [1.807, 2.05) is 32.9 Å². The molecule has 1 fully saturated rings. The van der Waals surface area contributed by atoms with Crippen molar-refractivity contribution >= 4 is 17.3 Å². The molecule has 19 heavy (non-hydrogen) atoms. The van der Waals surface area contributed by atoms with Gasteiger partial charge in [0.25, 0.3) is 0 Å². The van der Waals surface area contributed by atoms with E-state index >= 15 is 0 Å². The number of benzene rings is 1. The Morgan fingerprint density at radius 2 is 1.84 bits per heavy atom. The molecule has 2 rings (SSSR count). The largest absolute Gasteiger partial charge is 0.325 e. The van der Waals surface area contributed by atoms with Gasteiger partial charge in [0, 0.05) is 43.8 Å². The van der Waals surface area contributed by atoms with Gasteiger partial charge in [-0.05, 0) is 37.8 Å². The zero-order valence-electron chi connectivity index (χ0n) is 11.7. The first kappa shape index (κ1) is 16.3. The van der Waals surface area contributed by atoms with E-state index in [0.29, 0.717) is 5.69 Å². The van der Waals surface area contributed by atoms with E-state index in [1.54, 1.807) is 0 Å². The third kappa shape index (κ3) is 3.24. The van der Waals surface area contributed by atoms with Crippen molar-refractivity contribution in [3.05, 3.63) is 34.7 Å². The Balaban J connectivity index is 0.00000180. The molecule has 0 unspecified atom stereocenters. The molecule has 0 saturated heterocycles. The molecule has 3 nitrogen and oxygen atoms in total. The van der Waals surface area contributed by atoms with Crippen LogP contribution in [-0.4, -0.2) is 5.91 Å². The molecule has 1 aromatic carbocycles. The summed E-state index contributed by atoms with van der Waals surface area (Å²) in [4.78, 5) is 15.6. The summed E-state index contributed by atoms with van der Waals surface area (Å²) in [5.74, 6) is 0.107. The number of rotatable bonds is 2. The zero-order chi connectivity index (χ0) is 13.3. The summed E-state index contributed by atoms with van der Waals surface area (Å²) in [5, 5.41) is 3.03. The Morgan fingerprint density at radius 3 is 2.21 bits per heavy atom. The SMILES string of the molecule is [C-]#[N+]c1cc(C)c(NC(=O)C2(C)CCC2)c(C)c1.[Y]. The van der Waals surface area contributed by atoms with Gasteiger partial charge in [-0.2, -0.15) is 0 Å². The summed E-state index contributed by atoms with van der Waals surface area (Å²) in [6.07, 6.45) is 3.08. The predicted molar refractivity (Wildman–Crippen MR) is 72.8 cm³/mol. The minimum atomic E-state index is -0.197. The maximum Gasteiger partial charge on any atom is 0.230 e. The van der Waals surface area contributed by atoms with E-state index in [0.717, 1.165) is 36.1 Å². The van der Waals surface area contributed by atoms with E-state index in [-0.39, 0.29) is 44.0 Å². The summed E-state index contributed by atoms with van der Waals surface area (Å²) in [7, 11) is 0. The first-order valence-corrected chi connectivity index (χ1v) is 6.26. The number of carbonyl (C=O) groups excluding carboxylic acids is 1. The molecule has 1 amide bonds. The number of aryl methyl sites for hydroxylation is 2. The number of nitrogens with zero attached hydrogens (tertiary/aromatic N) is 1. The Morgan fingerprint density at radius 1 is 1.32 bits per heavy atom. The molecule has 1 radical (unpaired) electrons. The second-order valence-electron chi connectivity index (χ2n) is 5.43. The van der Waals surface area contributed by atoms with Crippen molar-refractivity contribution in [2.75, 3.05) is 5.32 Å². The fourth-order valence-electron chi connectivity index (χ4n) is 2.40. The van der Waals surface area contributed by atoms with Crippen LogP contribution < -0.4 is 5.32 Å². The van der Waals surface area contributed by atoms with Gasteiger partial charge in [0.05, 0.1) is 6.57 Å². The van der Waals surface area contributed by atoms with Crippen molar-refractivity contribution < 1.29 is 37.5 Å². The van der Waals surface area contributed by atoms with E-state index < -0.39 is 0 Å². The Labute approximate surface area is 139 Å². The molecule has 4 heteroatoms. The van der Waals surface area contributed by atoms with Crippen LogP contribution in [-0.2, 0) is 37.5 Å². The van der Waals surface area contributed by atoms with Gasteiger partial charge in [-0.15, -0.1) is 0 Å². The summed E-state index contributed by atoms with van der Waals surface area (Å²) in [5.41, 5.74) is 3.20. The fourth-order valence-corrected chi connectivity index (χ4v) is 2.40. The predicted octanol–water partition coefficient (Wildman–Crippen LogP) is 3.98. The molecule has 0 heterocycles. The Kier molecular flexibility index (Phi) is 5.29. The van der Waals surface area contributed by atoms with Crippen molar-refractivity contribution in [3.8, 4) is 0 Å². The van der Waals surface area contributed by atoms with Gasteiger partial charge in [0.2, 0.25) is 5.91 Å². The third-order valence-corrected chi connectivity index (χ3v) is 3.89. The monoisotopic (exact) mass is 331 g/mol. The first-order valence-electron chi connectivity index (χ1n) is 6.26. The van der Waals surface area contributed by atoms with Crippen LogP contribution in [0.4, 0.5) is 11.4 Å². The molecule has 1 aliphatic carbocycles. The molecule has 1 aromatic rings. The normalized spacial score (nSPS) is 15.7. The quantitative estimate of drug-likeness (QED) is 0.817. The second kappa shape index (κ2) is 6.16. The average Bonchev–Trinajstić information content (AvgIpc) is 2.30. The van der Waals surface area contributed by atoms with Crippen molar-refractivity contribution in [1.82, 2.24) is 0 Å². The maximum absolute atomic E-state index is 12.2. The second-order valence-corrected chi connectivity index (χ2v) is 5.43. The van der Waals surface area contributed by atoms with E-state index in [9.17, 15) is 4.79 Å². The van der Waals surface area contributed by atoms with Crippen LogP contribution in [0.25, 0.3) is 4.85 Å². The molecular formula is C15H18N2OY. The van der Waals surface area contributed by atoms with Gasteiger partial charge in [-0.25, -0.2) is 4.85 Å². The number of hydrogen-bond donors (Lipinski definition) is 1. The van der Waals surface area contributed by atoms with E-state index in [1.165, 1.54) is 0 Å². The molecule has 0 atom stereocenters. The van der Waals surface area contributed by atoms with Gasteiger partial charge in [0.1, 0.15) is 0 Å². The summed E-state index contributed by atoms with van der Waals surface area (Å²) < 4.78 is 0. The van der Waals surface area contributed by atoms with Gasteiger partial charge in [-0.3, -0.25) is 4.79 Å². The molecule has 97 valence electrons. The molecule has 0 spiro atoms. The molecule has 0 aliphatic heterocycles. The van der Waals surface area contributed by atoms with Gasteiger partial charge >= 0.3 is 0 Å². The molecule has 1 N–H and O–H groups in total. The summed E-state index contributed by atoms with van der Waals surface area (Å²) in [6.45, 7) is 12.9. The van der Waals surface area contributed by atoms with E-state index in [4.69, 9.17) is 6.57 Å². The van der Waals surface area contributed by atoms with Crippen LogP contribution in [0.15, 0.2) is 12.1 Å². The van der Waals surface area contributed by atoms with Crippen LogP contribution in [0.1, 0.15) is 37.3 Å². The molecule has 1 saturated carbocycles. The zero-order valence-corrected chi connectivity index (χ0v) is 14.5. The van der Waals surface area contributed by atoms with Crippen LogP contribution in [0.3, 0.4) is 0 Å². The van der Waals surface area contributed by atoms with Crippen molar-refractivity contribution in [3.63, 3.8) is 0 Å². The number of amides is 1.